The fraction of sp³-hybridized carbons (Fsp3) is 0.286. The van der Waals surface area contributed by atoms with Gasteiger partial charge >= 0.3 is 0 Å². The van der Waals surface area contributed by atoms with Gasteiger partial charge in [0.25, 0.3) is 0 Å². The van der Waals surface area contributed by atoms with Crippen molar-refractivity contribution in [3.63, 3.8) is 0 Å². The third-order valence-electron chi connectivity index (χ3n) is 5.09. The maximum Gasteiger partial charge on any atom is 0.229 e. The molecule has 2 aromatic carbocycles. The number of phenolic OH excluding ortho intramolecular Hbond substituents is 2. The van der Waals surface area contributed by atoms with Crippen LogP contribution < -0.4 is 10.2 Å². The van der Waals surface area contributed by atoms with Crippen molar-refractivity contribution in [2.45, 2.75) is 30.7 Å². The largest absolute Gasteiger partial charge is 0.508 e. The minimum absolute atomic E-state index is 0.00306. The van der Waals surface area contributed by atoms with E-state index in [1.807, 2.05) is 0 Å². The number of aliphatic hydroxyl groups is 3. The zero-order valence-electron chi connectivity index (χ0n) is 16.4. The molecule has 2 heterocycles. The third-order valence-corrected chi connectivity index (χ3v) is 5.24. The average molecular weight is 464 g/mol. The van der Waals surface area contributed by atoms with Crippen molar-refractivity contribution in [3.05, 3.63) is 52.7 Å². The lowest BCUT2D eigenvalue weighted by atomic mass is 9.99. The van der Waals surface area contributed by atoms with Crippen molar-refractivity contribution in [1.82, 2.24) is 0 Å². The number of fused-ring (bicyclic) bond motifs is 1. The van der Waals surface area contributed by atoms with E-state index < -0.39 is 41.9 Å². The maximum atomic E-state index is 12.6. The molecule has 1 aliphatic rings. The van der Waals surface area contributed by atoms with Gasteiger partial charge < -0.3 is 43.6 Å². The number of ether oxygens (including phenoxy) is 2. The summed E-state index contributed by atoms with van der Waals surface area (Å²) in [4.78, 5) is 12.6. The molecule has 170 valence electrons. The van der Waals surface area contributed by atoms with Gasteiger partial charge in [0.05, 0.1) is 6.61 Å². The topological polar surface area (TPSA) is 159 Å². The molecule has 0 spiro atoms. The summed E-state index contributed by atoms with van der Waals surface area (Å²) in [5.41, 5.74) is 0.0129. The molecule has 0 radical (unpaired) electrons. The number of hydrogen-bond donors (Lipinski definition) is 6. The van der Waals surface area contributed by atoms with E-state index in [0.717, 1.165) is 6.07 Å². The number of thiol groups is 1. The van der Waals surface area contributed by atoms with Crippen LogP contribution >= 0.6 is 12.9 Å². The molecule has 5 N–H and O–H groups in total. The van der Waals surface area contributed by atoms with E-state index in [0.29, 0.717) is 5.56 Å². The van der Waals surface area contributed by atoms with E-state index in [4.69, 9.17) is 13.9 Å². The average Bonchev–Trinajstić information content (AvgIpc) is 2.75. The molecule has 0 bridgehead atoms. The molecule has 1 saturated heterocycles. The zero-order valence-corrected chi connectivity index (χ0v) is 17.3. The summed E-state index contributed by atoms with van der Waals surface area (Å²) in [6.45, 7) is -0.193. The Morgan fingerprint density at radius 1 is 0.969 bits per heavy atom. The van der Waals surface area contributed by atoms with E-state index in [2.05, 4.69) is 17.1 Å². The molecule has 0 aliphatic carbocycles. The summed E-state index contributed by atoms with van der Waals surface area (Å²) in [6, 6.07) is 9.65. The summed E-state index contributed by atoms with van der Waals surface area (Å²) in [7, 11) is 0. The Morgan fingerprint density at radius 2 is 1.69 bits per heavy atom. The number of aliphatic hydroxyl groups excluding tert-OH is 3. The maximum absolute atomic E-state index is 12.6. The van der Waals surface area contributed by atoms with Gasteiger partial charge in [-0.2, -0.15) is 0 Å². The fourth-order valence-electron chi connectivity index (χ4n) is 3.44. The van der Waals surface area contributed by atoms with Crippen LogP contribution in [0, 0.1) is 0 Å². The molecule has 5 atom stereocenters. The molecule has 5 unspecified atom stereocenters. The highest BCUT2D eigenvalue weighted by Crippen LogP contribution is 2.33. The van der Waals surface area contributed by atoms with E-state index >= 15 is 0 Å². The molecule has 1 aliphatic heterocycles. The molecule has 10 nitrogen and oxygen atoms in total. The zero-order chi connectivity index (χ0) is 23.0. The van der Waals surface area contributed by atoms with Gasteiger partial charge in [-0.25, -0.2) is 0 Å². The Bertz CT molecular complexity index is 1160. The van der Waals surface area contributed by atoms with Crippen LogP contribution in [0.4, 0.5) is 0 Å². The minimum atomic E-state index is -1.62. The van der Waals surface area contributed by atoms with Crippen molar-refractivity contribution in [2.75, 3.05) is 6.61 Å². The van der Waals surface area contributed by atoms with Crippen molar-refractivity contribution < 1.29 is 43.6 Å². The number of aromatic hydroxyl groups is 2. The predicted octanol–water partition coefficient (Wildman–Crippen LogP) is 0.919. The van der Waals surface area contributed by atoms with Crippen LogP contribution in [0.3, 0.4) is 0 Å². The first-order valence-electron chi connectivity index (χ1n) is 9.51. The first-order valence-corrected chi connectivity index (χ1v) is 9.88. The number of hydrogen-bond acceptors (Lipinski definition) is 11. The van der Waals surface area contributed by atoms with Crippen LogP contribution in [0.25, 0.3) is 22.3 Å². The molecule has 0 amide bonds. The van der Waals surface area contributed by atoms with Crippen LogP contribution in [0.1, 0.15) is 0 Å². The van der Waals surface area contributed by atoms with E-state index in [1.54, 1.807) is 12.1 Å². The van der Waals surface area contributed by atoms with Crippen molar-refractivity contribution in [1.29, 1.82) is 0 Å². The lowest BCUT2D eigenvalue weighted by Gasteiger charge is -2.39. The van der Waals surface area contributed by atoms with Crippen molar-refractivity contribution >= 4 is 23.9 Å². The molecule has 3 aromatic rings. The Morgan fingerprint density at radius 3 is 2.38 bits per heavy atom. The van der Waals surface area contributed by atoms with Crippen LogP contribution in [0.5, 0.6) is 17.2 Å². The smallest absolute Gasteiger partial charge is 0.229 e. The van der Waals surface area contributed by atoms with Gasteiger partial charge in [-0.1, -0.05) is 0 Å². The molecular formula is C21H20O10S. The summed E-state index contributed by atoms with van der Waals surface area (Å²) < 4.78 is 21.4. The Balaban J connectivity index is 1.69. The normalized spacial score (nSPS) is 25.7. The van der Waals surface area contributed by atoms with Gasteiger partial charge in [0.2, 0.25) is 6.29 Å². The van der Waals surface area contributed by atoms with Gasteiger partial charge in [-0.3, -0.25) is 4.79 Å². The standard InChI is InChI=1S/C21H20O10S/c22-10-3-1-9(2-4-10)14-7-13(24)17-12(23)5-11(6-15(17)30-14)29-21-20(27)19(26)18(25)16(31-21)8-28-32/h1-7,16,18-23,25-27,32H,8H2. The quantitative estimate of drug-likeness (QED) is 0.237. The van der Waals surface area contributed by atoms with Crippen LogP contribution in [0.2, 0.25) is 0 Å². The van der Waals surface area contributed by atoms with E-state index in [9.17, 15) is 30.3 Å². The molecule has 0 saturated carbocycles. The highest BCUT2D eigenvalue weighted by atomic mass is 32.1. The number of rotatable bonds is 5. The summed E-state index contributed by atoms with van der Waals surface area (Å²) in [5, 5.41) is 50.0. The van der Waals surface area contributed by atoms with Gasteiger partial charge in [-0.15, -0.1) is 0 Å². The highest BCUT2D eigenvalue weighted by Gasteiger charge is 2.45. The summed E-state index contributed by atoms with van der Waals surface area (Å²) in [6.07, 6.45) is -7.10. The number of phenols is 2. The molecule has 32 heavy (non-hydrogen) atoms. The second kappa shape index (κ2) is 8.98. The van der Waals surface area contributed by atoms with E-state index in [-0.39, 0.29) is 34.8 Å². The predicted molar refractivity (Wildman–Crippen MR) is 113 cm³/mol. The van der Waals surface area contributed by atoms with Crippen molar-refractivity contribution in [3.8, 4) is 28.6 Å². The molecule has 1 fully saturated rings. The van der Waals surface area contributed by atoms with Gasteiger partial charge in [0, 0.05) is 23.8 Å². The second-order valence-electron chi connectivity index (χ2n) is 7.27. The highest BCUT2D eigenvalue weighted by molar-refractivity contribution is 7.75. The van der Waals surface area contributed by atoms with Crippen LogP contribution in [0.15, 0.2) is 51.7 Å². The molecule has 11 heteroatoms. The molecule has 4 rings (SSSR count). The summed E-state index contributed by atoms with van der Waals surface area (Å²) in [5.74, 6) is -0.216. The van der Waals surface area contributed by atoms with Crippen LogP contribution in [-0.4, -0.2) is 62.8 Å². The lowest BCUT2D eigenvalue weighted by molar-refractivity contribution is -0.275. The lowest BCUT2D eigenvalue weighted by Crippen LogP contribution is -2.60. The van der Waals surface area contributed by atoms with E-state index in [1.165, 1.54) is 24.3 Å². The molecule has 1 aromatic heterocycles. The van der Waals surface area contributed by atoms with Gasteiger partial charge in [-0.05, 0) is 37.2 Å². The monoisotopic (exact) mass is 464 g/mol. The Labute approximate surface area is 186 Å². The Kier molecular flexibility index (Phi) is 6.29. The SMILES string of the molecule is O=c1cc(-c2ccc(O)cc2)oc2cc(OC3OC(COS)C(O)C(O)C3O)cc(O)c12. The fourth-order valence-corrected chi connectivity index (χ4v) is 3.59. The first-order chi connectivity index (χ1) is 15.3. The van der Waals surface area contributed by atoms with Gasteiger partial charge in [0.15, 0.2) is 5.43 Å². The molecular weight excluding hydrogens is 444 g/mol. The third kappa shape index (κ3) is 4.26. The Hall–Kier alpha value is -2.80. The van der Waals surface area contributed by atoms with Crippen molar-refractivity contribution in [2.24, 2.45) is 0 Å². The van der Waals surface area contributed by atoms with Gasteiger partial charge in [0.1, 0.15) is 58.4 Å². The number of benzene rings is 2. The van der Waals surface area contributed by atoms with Crippen LogP contribution in [-0.2, 0) is 8.92 Å². The summed E-state index contributed by atoms with van der Waals surface area (Å²) >= 11 is 3.60. The first kappa shape index (κ1) is 22.4. The second-order valence-corrected chi connectivity index (χ2v) is 7.52. The minimum Gasteiger partial charge on any atom is -0.508 e.